The highest BCUT2D eigenvalue weighted by Crippen LogP contribution is 2.31. The van der Waals surface area contributed by atoms with E-state index in [1.165, 1.54) is 0 Å². The number of hydrogen-bond donors (Lipinski definition) is 2. The summed E-state index contributed by atoms with van der Waals surface area (Å²) in [5.41, 5.74) is 3.61. The zero-order chi connectivity index (χ0) is 27.5. The minimum atomic E-state index is -0.609. The van der Waals surface area contributed by atoms with Gasteiger partial charge in [0.15, 0.2) is 0 Å². The monoisotopic (exact) mass is 537 g/mol. The first-order chi connectivity index (χ1) is 18.8. The van der Waals surface area contributed by atoms with Gasteiger partial charge in [0.2, 0.25) is 0 Å². The molecule has 5 rings (SSSR count). The predicted octanol–water partition coefficient (Wildman–Crippen LogP) is 6.78. The highest BCUT2D eigenvalue weighted by Gasteiger charge is 2.39. The Kier molecular flexibility index (Phi) is 7.17. The summed E-state index contributed by atoms with van der Waals surface area (Å²) in [6, 6.07) is 28.4. The molecule has 39 heavy (non-hydrogen) atoms. The maximum absolute atomic E-state index is 13.2. The van der Waals surface area contributed by atoms with Crippen molar-refractivity contribution in [2.24, 2.45) is 0 Å². The number of imide groups is 1. The van der Waals surface area contributed by atoms with Gasteiger partial charge in [0, 0.05) is 16.9 Å². The van der Waals surface area contributed by atoms with Gasteiger partial charge in [-0.15, -0.1) is 0 Å². The minimum absolute atomic E-state index is 0.0487. The first-order valence-electron chi connectivity index (χ1n) is 12.2. The zero-order valence-corrected chi connectivity index (χ0v) is 22.0. The van der Waals surface area contributed by atoms with Crippen LogP contribution in [0.5, 0.6) is 11.5 Å². The normalized spacial score (nSPS) is 13.1. The van der Waals surface area contributed by atoms with Crippen molar-refractivity contribution in [1.29, 1.82) is 0 Å². The molecule has 2 N–H and O–H groups in total. The summed E-state index contributed by atoms with van der Waals surface area (Å²) in [4.78, 5) is 40.0. The van der Waals surface area contributed by atoms with Crippen LogP contribution >= 0.6 is 11.6 Å². The molecule has 8 heteroatoms. The van der Waals surface area contributed by atoms with E-state index in [4.69, 9.17) is 16.3 Å². The van der Waals surface area contributed by atoms with E-state index in [2.05, 4.69) is 10.6 Å². The lowest BCUT2D eigenvalue weighted by Gasteiger charge is -2.16. The largest absolute Gasteiger partial charge is 0.457 e. The zero-order valence-electron chi connectivity index (χ0n) is 21.2. The van der Waals surface area contributed by atoms with Crippen LogP contribution < -0.4 is 20.3 Å². The number of ether oxygens (including phenoxy) is 1. The molecule has 0 spiro atoms. The molecular weight excluding hydrogens is 514 g/mol. The third-order valence-electron chi connectivity index (χ3n) is 5.98. The van der Waals surface area contributed by atoms with E-state index in [1.54, 1.807) is 60.7 Å². The highest BCUT2D eigenvalue weighted by molar-refractivity contribution is 6.53. The second-order valence-electron chi connectivity index (χ2n) is 9.08. The molecule has 0 saturated carbocycles. The number of halogens is 1. The van der Waals surface area contributed by atoms with Gasteiger partial charge in [-0.2, -0.15) is 0 Å². The van der Waals surface area contributed by atoms with E-state index in [9.17, 15) is 14.4 Å². The Bertz CT molecular complexity index is 1590. The number of rotatable bonds is 7. The summed E-state index contributed by atoms with van der Waals surface area (Å²) >= 11 is 6.29. The number of carbonyl (C=O) groups excluding carboxylic acids is 3. The van der Waals surface area contributed by atoms with Gasteiger partial charge in [-0.05, 0) is 91.7 Å². The number of nitrogens with zero attached hydrogens (tertiary/aromatic N) is 1. The summed E-state index contributed by atoms with van der Waals surface area (Å²) in [5.74, 6) is -0.166. The number of amides is 3. The van der Waals surface area contributed by atoms with E-state index in [1.807, 2.05) is 50.2 Å². The number of nitrogens with one attached hydrogen (secondary N) is 2. The number of aryl methyl sites for hydroxylation is 2. The Labute approximate surface area is 230 Å². The van der Waals surface area contributed by atoms with Crippen LogP contribution in [0.15, 0.2) is 108 Å². The molecule has 0 bridgehead atoms. The van der Waals surface area contributed by atoms with E-state index < -0.39 is 11.8 Å². The molecule has 7 nitrogen and oxygen atoms in total. The van der Waals surface area contributed by atoms with E-state index in [-0.39, 0.29) is 16.6 Å². The molecule has 1 aliphatic rings. The summed E-state index contributed by atoms with van der Waals surface area (Å²) in [5, 5.41) is 5.56. The van der Waals surface area contributed by atoms with Crippen molar-refractivity contribution in [3.8, 4) is 11.5 Å². The lowest BCUT2D eigenvalue weighted by Crippen LogP contribution is -2.32. The van der Waals surface area contributed by atoms with Gasteiger partial charge in [-0.3, -0.25) is 14.4 Å². The van der Waals surface area contributed by atoms with Gasteiger partial charge in [0.05, 0.1) is 5.69 Å². The minimum Gasteiger partial charge on any atom is -0.457 e. The quantitative estimate of drug-likeness (QED) is 0.254. The maximum Gasteiger partial charge on any atom is 0.283 e. The molecule has 3 amide bonds. The van der Waals surface area contributed by atoms with Crippen molar-refractivity contribution in [2.45, 2.75) is 13.8 Å². The maximum atomic E-state index is 13.2. The summed E-state index contributed by atoms with van der Waals surface area (Å²) in [6.45, 7) is 3.78. The first kappa shape index (κ1) is 25.8. The molecular formula is C31H24ClN3O4. The van der Waals surface area contributed by atoms with Gasteiger partial charge in [-0.1, -0.05) is 41.9 Å². The fourth-order valence-electron chi connectivity index (χ4n) is 4.24. The van der Waals surface area contributed by atoms with Crippen molar-refractivity contribution in [3.63, 3.8) is 0 Å². The molecule has 0 radical (unpaired) electrons. The van der Waals surface area contributed by atoms with Crippen molar-refractivity contribution >= 4 is 46.4 Å². The van der Waals surface area contributed by atoms with Crippen molar-refractivity contribution < 1.29 is 19.1 Å². The Hall–Kier alpha value is -4.88. The van der Waals surface area contributed by atoms with Crippen molar-refractivity contribution in [1.82, 2.24) is 0 Å². The van der Waals surface area contributed by atoms with Crippen LogP contribution in [0.1, 0.15) is 21.5 Å². The lowest BCUT2D eigenvalue weighted by molar-refractivity contribution is -0.120. The molecule has 4 aromatic rings. The molecule has 1 aliphatic heterocycles. The van der Waals surface area contributed by atoms with Crippen LogP contribution in [-0.2, 0) is 9.59 Å². The number of carbonyl (C=O) groups is 3. The van der Waals surface area contributed by atoms with E-state index in [0.717, 1.165) is 16.0 Å². The second-order valence-corrected chi connectivity index (χ2v) is 9.46. The van der Waals surface area contributed by atoms with Crippen LogP contribution in [0.25, 0.3) is 0 Å². The second kappa shape index (κ2) is 10.8. The third kappa shape index (κ3) is 5.68. The molecule has 0 unspecified atom stereocenters. The van der Waals surface area contributed by atoms with Crippen molar-refractivity contribution in [2.75, 3.05) is 15.5 Å². The van der Waals surface area contributed by atoms with Gasteiger partial charge in [0.25, 0.3) is 17.7 Å². The highest BCUT2D eigenvalue weighted by atomic mass is 35.5. The van der Waals surface area contributed by atoms with Crippen molar-refractivity contribution in [3.05, 3.63) is 124 Å². The first-order valence-corrected chi connectivity index (χ1v) is 12.5. The van der Waals surface area contributed by atoms with Crippen LogP contribution in [0, 0.1) is 13.8 Å². The average molecular weight is 538 g/mol. The van der Waals surface area contributed by atoms with Gasteiger partial charge in [-0.25, -0.2) is 4.90 Å². The SMILES string of the molecule is Cc1cc(C)cc(N2C(=O)C(Cl)=C(Nc3cccc(C(=O)Nc4ccc(Oc5ccccc5)cc4)c3)C2=O)c1. The lowest BCUT2D eigenvalue weighted by atomic mass is 10.1. The number of para-hydroxylation sites is 1. The number of benzene rings is 4. The van der Waals surface area contributed by atoms with Gasteiger partial charge >= 0.3 is 0 Å². The molecule has 0 saturated heterocycles. The fourth-order valence-corrected chi connectivity index (χ4v) is 4.45. The smallest absolute Gasteiger partial charge is 0.283 e. The summed E-state index contributed by atoms with van der Waals surface area (Å²) in [6.07, 6.45) is 0. The molecule has 194 valence electrons. The van der Waals surface area contributed by atoms with Crippen LogP contribution in [0.2, 0.25) is 0 Å². The molecule has 0 fully saturated rings. The Morgan fingerprint density at radius 2 is 1.41 bits per heavy atom. The Morgan fingerprint density at radius 1 is 0.744 bits per heavy atom. The Morgan fingerprint density at radius 3 is 2.10 bits per heavy atom. The van der Waals surface area contributed by atoms with E-state index >= 15 is 0 Å². The van der Waals surface area contributed by atoms with E-state index in [0.29, 0.717) is 34.1 Å². The van der Waals surface area contributed by atoms with Gasteiger partial charge < -0.3 is 15.4 Å². The average Bonchev–Trinajstić information content (AvgIpc) is 3.13. The van der Waals surface area contributed by atoms with Crippen LogP contribution in [-0.4, -0.2) is 17.7 Å². The Balaban J connectivity index is 1.28. The van der Waals surface area contributed by atoms with Crippen LogP contribution in [0.3, 0.4) is 0 Å². The van der Waals surface area contributed by atoms with Gasteiger partial charge in [0.1, 0.15) is 22.2 Å². The topological polar surface area (TPSA) is 87.7 Å². The van der Waals surface area contributed by atoms with Crippen LogP contribution in [0.4, 0.5) is 17.1 Å². The molecule has 0 aromatic heterocycles. The summed E-state index contributed by atoms with van der Waals surface area (Å²) < 4.78 is 5.78. The predicted molar refractivity (Wildman–Crippen MR) is 152 cm³/mol. The third-order valence-corrected chi connectivity index (χ3v) is 6.33. The number of anilines is 3. The summed E-state index contributed by atoms with van der Waals surface area (Å²) in [7, 11) is 0. The standard InChI is InChI=1S/C31H24ClN3O4/c1-19-15-20(2)17-24(16-19)35-30(37)27(32)28(31(35)38)33-23-8-6-7-21(18-23)29(36)34-22-11-13-26(14-12-22)39-25-9-4-3-5-10-25/h3-18,33H,1-2H3,(H,34,36). The molecule has 1 heterocycles. The number of hydrogen-bond acceptors (Lipinski definition) is 5. The molecule has 4 aromatic carbocycles. The molecule has 0 aliphatic carbocycles. The molecule has 0 atom stereocenters. The fraction of sp³-hybridized carbons (Fsp3) is 0.0645.